The maximum Gasteiger partial charge on any atom is 0.235 e. The van der Waals surface area contributed by atoms with Crippen LogP contribution in [-0.4, -0.2) is 30.0 Å². The smallest absolute Gasteiger partial charge is 0.235 e. The molecular weight excluding hydrogens is 315 g/mol. The van der Waals surface area contributed by atoms with Crippen LogP contribution < -0.4 is 0 Å². The molecule has 0 saturated carbocycles. The van der Waals surface area contributed by atoms with Gasteiger partial charge >= 0.3 is 0 Å². The molecular formula is C12H6ClFN6S. The predicted molar refractivity (Wildman–Crippen MR) is 76.6 cm³/mol. The van der Waals surface area contributed by atoms with Crippen LogP contribution in [0, 0.1) is 5.82 Å². The molecule has 0 aliphatic rings. The molecule has 4 aromatic rings. The molecule has 0 radical (unpaired) electrons. The Morgan fingerprint density at radius 3 is 2.95 bits per heavy atom. The van der Waals surface area contributed by atoms with Crippen molar-refractivity contribution in [1.29, 1.82) is 0 Å². The molecule has 9 heteroatoms. The maximum absolute atomic E-state index is 14.0. The molecule has 0 saturated heterocycles. The van der Waals surface area contributed by atoms with Gasteiger partial charge in [0.05, 0.1) is 11.3 Å². The van der Waals surface area contributed by atoms with Gasteiger partial charge in [-0.25, -0.2) is 4.39 Å². The van der Waals surface area contributed by atoms with Gasteiger partial charge in [0.15, 0.2) is 10.8 Å². The Morgan fingerprint density at radius 2 is 2.14 bits per heavy atom. The molecule has 4 rings (SSSR count). The van der Waals surface area contributed by atoms with Gasteiger partial charge in [0.2, 0.25) is 4.96 Å². The zero-order chi connectivity index (χ0) is 14.4. The fourth-order valence-electron chi connectivity index (χ4n) is 1.94. The quantitative estimate of drug-likeness (QED) is 0.616. The zero-order valence-corrected chi connectivity index (χ0v) is 11.9. The summed E-state index contributed by atoms with van der Waals surface area (Å²) in [6.45, 7) is 0. The average molecular weight is 321 g/mol. The summed E-state index contributed by atoms with van der Waals surface area (Å²) in [5, 5.41) is 20.2. The summed E-state index contributed by atoms with van der Waals surface area (Å²) in [5.41, 5.74) is 1.03. The fraction of sp³-hybridized carbons (Fsp3) is 0. The Kier molecular flexibility index (Phi) is 2.72. The summed E-state index contributed by atoms with van der Waals surface area (Å²) < 4.78 is 15.5. The topological polar surface area (TPSA) is 71.8 Å². The van der Waals surface area contributed by atoms with Crippen molar-refractivity contribution in [3.05, 3.63) is 41.3 Å². The zero-order valence-electron chi connectivity index (χ0n) is 10.3. The van der Waals surface area contributed by atoms with E-state index in [0.717, 1.165) is 5.69 Å². The number of H-pyrrole nitrogens is 1. The van der Waals surface area contributed by atoms with E-state index in [9.17, 15) is 4.39 Å². The minimum atomic E-state index is -0.426. The van der Waals surface area contributed by atoms with Crippen molar-refractivity contribution < 1.29 is 4.39 Å². The number of hydrogen-bond donors (Lipinski definition) is 1. The molecule has 0 amide bonds. The van der Waals surface area contributed by atoms with E-state index in [-0.39, 0.29) is 5.56 Å². The van der Waals surface area contributed by atoms with Gasteiger partial charge in [-0.2, -0.15) is 14.7 Å². The Balaban J connectivity index is 1.92. The second-order valence-electron chi connectivity index (χ2n) is 4.22. The van der Waals surface area contributed by atoms with Crippen molar-refractivity contribution in [2.75, 3.05) is 0 Å². The summed E-state index contributed by atoms with van der Waals surface area (Å²) in [7, 11) is 0. The van der Waals surface area contributed by atoms with Crippen LogP contribution in [0.2, 0.25) is 5.02 Å². The van der Waals surface area contributed by atoms with Crippen LogP contribution in [0.3, 0.4) is 0 Å². The van der Waals surface area contributed by atoms with Crippen molar-refractivity contribution in [2.45, 2.75) is 0 Å². The number of benzene rings is 1. The highest BCUT2D eigenvalue weighted by molar-refractivity contribution is 7.19. The summed E-state index contributed by atoms with van der Waals surface area (Å²) >= 11 is 7.25. The molecule has 0 aliphatic carbocycles. The number of nitrogens with one attached hydrogen (secondary N) is 1. The summed E-state index contributed by atoms with van der Waals surface area (Å²) in [4.78, 5) is 0.564. The highest BCUT2D eigenvalue weighted by Gasteiger charge is 2.17. The molecule has 21 heavy (non-hydrogen) atoms. The Hall–Kier alpha value is -2.32. The lowest BCUT2D eigenvalue weighted by Gasteiger charge is -2.00. The maximum atomic E-state index is 14.0. The molecule has 0 fully saturated rings. The first-order valence-electron chi connectivity index (χ1n) is 5.90. The standard InChI is InChI=1S/C12H6ClFN6S/c13-6-1-2-8(14)7(5-6)10-17-18-12-20(10)19-11(21-12)9-3-4-15-16-9/h1-5H,(H,15,16). The lowest BCUT2D eigenvalue weighted by atomic mass is 10.2. The van der Waals surface area contributed by atoms with E-state index in [1.807, 2.05) is 0 Å². The van der Waals surface area contributed by atoms with Gasteiger partial charge in [-0.05, 0) is 24.3 Å². The van der Waals surface area contributed by atoms with Gasteiger partial charge in [0.25, 0.3) is 0 Å². The van der Waals surface area contributed by atoms with E-state index in [1.54, 1.807) is 12.3 Å². The van der Waals surface area contributed by atoms with E-state index in [0.29, 0.717) is 20.8 Å². The van der Waals surface area contributed by atoms with Crippen molar-refractivity contribution in [3.8, 4) is 22.1 Å². The fourth-order valence-corrected chi connectivity index (χ4v) is 2.92. The molecule has 1 aromatic carbocycles. The highest BCUT2D eigenvalue weighted by Crippen LogP contribution is 2.29. The Labute approximate surface area is 126 Å². The molecule has 6 nitrogen and oxygen atoms in total. The SMILES string of the molecule is Fc1ccc(Cl)cc1-c1nnc2sc(-c3ccn[nH]3)nn12. The van der Waals surface area contributed by atoms with Crippen LogP contribution in [0.4, 0.5) is 4.39 Å². The van der Waals surface area contributed by atoms with Crippen LogP contribution in [0.15, 0.2) is 30.5 Å². The minimum Gasteiger partial charge on any atom is -0.275 e. The Bertz CT molecular complexity index is 929. The van der Waals surface area contributed by atoms with Crippen LogP contribution in [0.5, 0.6) is 0 Å². The summed E-state index contributed by atoms with van der Waals surface area (Å²) in [5.74, 6) is -0.114. The number of aromatic nitrogens is 6. The van der Waals surface area contributed by atoms with Gasteiger partial charge in [0.1, 0.15) is 5.82 Å². The highest BCUT2D eigenvalue weighted by atomic mass is 35.5. The number of nitrogens with zero attached hydrogens (tertiary/aromatic N) is 5. The van der Waals surface area contributed by atoms with E-state index < -0.39 is 5.82 Å². The Morgan fingerprint density at radius 1 is 1.24 bits per heavy atom. The molecule has 3 aromatic heterocycles. The first-order valence-corrected chi connectivity index (χ1v) is 7.09. The number of aromatic amines is 1. The van der Waals surface area contributed by atoms with Crippen molar-refractivity contribution in [3.63, 3.8) is 0 Å². The minimum absolute atomic E-state index is 0.261. The third-order valence-corrected chi connectivity index (χ3v) is 4.06. The van der Waals surface area contributed by atoms with Gasteiger partial charge in [-0.1, -0.05) is 22.9 Å². The normalized spacial score (nSPS) is 11.3. The van der Waals surface area contributed by atoms with Crippen molar-refractivity contribution in [1.82, 2.24) is 30.0 Å². The largest absolute Gasteiger partial charge is 0.275 e. The number of fused-ring (bicyclic) bond motifs is 1. The third kappa shape index (κ3) is 1.99. The molecule has 104 valence electrons. The first kappa shape index (κ1) is 12.4. The van der Waals surface area contributed by atoms with E-state index >= 15 is 0 Å². The van der Waals surface area contributed by atoms with E-state index in [2.05, 4.69) is 25.5 Å². The molecule has 0 atom stereocenters. The lowest BCUT2D eigenvalue weighted by molar-refractivity contribution is 0.629. The van der Waals surface area contributed by atoms with E-state index in [1.165, 1.54) is 34.1 Å². The molecule has 0 unspecified atom stereocenters. The molecule has 1 N–H and O–H groups in total. The van der Waals surface area contributed by atoms with Gasteiger partial charge in [-0.3, -0.25) is 5.10 Å². The number of rotatable bonds is 2. The van der Waals surface area contributed by atoms with Gasteiger partial charge < -0.3 is 0 Å². The average Bonchev–Trinajstić information content (AvgIpc) is 3.15. The number of hydrogen-bond acceptors (Lipinski definition) is 5. The monoisotopic (exact) mass is 320 g/mol. The van der Waals surface area contributed by atoms with Crippen LogP contribution in [0.1, 0.15) is 0 Å². The number of halogens is 2. The van der Waals surface area contributed by atoms with Crippen LogP contribution in [0.25, 0.3) is 27.1 Å². The third-order valence-electron chi connectivity index (χ3n) is 2.89. The van der Waals surface area contributed by atoms with Crippen LogP contribution in [-0.2, 0) is 0 Å². The lowest BCUT2D eigenvalue weighted by Crippen LogP contribution is -1.94. The summed E-state index contributed by atoms with van der Waals surface area (Å²) in [6, 6.07) is 6.07. The van der Waals surface area contributed by atoms with Crippen LogP contribution >= 0.6 is 22.9 Å². The van der Waals surface area contributed by atoms with Crippen molar-refractivity contribution in [2.24, 2.45) is 0 Å². The second kappa shape index (κ2) is 4.61. The first-order chi connectivity index (χ1) is 10.2. The molecule has 3 heterocycles. The predicted octanol–water partition coefficient (Wildman–Crippen LogP) is 3.04. The van der Waals surface area contributed by atoms with Crippen molar-refractivity contribution >= 4 is 27.9 Å². The van der Waals surface area contributed by atoms with E-state index in [4.69, 9.17) is 11.6 Å². The van der Waals surface area contributed by atoms with Gasteiger partial charge in [0, 0.05) is 11.2 Å². The summed E-state index contributed by atoms with van der Waals surface area (Å²) in [6.07, 6.45) is 1.63. The second-order valence-corrected chi connectivity index (χ2v) is 5.61. The molecule has 0 bridgehead atoms. The molecule has 0 spiro atoms. The molecule has 0 aliphatic heterocycles. The van der Waals surface area contributed by atoms with Gasteiger partial charge in [-0.15, -0.1) is 10.2 Å².